The molecule has 8 heteroatoms. The van der Waals surface area contributed by atoms with E-state index in [4.69, 9.17) is 0 Å². The molecule has 0 aliphatic heterocycles. The number of benzene rings is 2. The summed E-state index contributed by atoms with van der Waals surface area (Å²) in [6, 6.07) is 11.8. The number of carbonyl (C=O) groups is 1. The Balaban J connectivity index is 1.78. The largest absolute Gasteiger partial charge is 0.355 e. The van der Waals surface area contributed by atoms with E-state index in [1.165, 1.54) is 18.3 Å². The van der Waals surface area contributed by atoms with E-state index < -0.39 is 15.7 Å². The zero-order chi connectivity index (χ0) is 22.4. The van der Waals surface area contributed by atoms with Crippen molar-refractivity contribution >= 4 is 26.6 Å². The molecule has 0 aliphatic carbocycles. The Kier molecular flexibility index (Phi) is 7.46. The molecule has 0 fully saturated rings. The predicted molar refractivity (Wildman–Crippen MR) is 119 cm³/mol. The van der Waals surface area contributed by atoms with Crippen LogP contribution in [0, 0.1) is 5.82 Å². The molecule has 166 valence electrons. The fraction of sp³-hybridized carbons (Fsp3) is 0.348. The lowest BCUT2D eigenvalue weighted by Gasteiger charge is -2.17. The normalized spacial score (nSPS) is 11.9. The Morgan fingerprint density at radius 3 is 2.42 bits per heavy atom. The maximum absolute atomic E-state index is 13.2. The highest BCUT2D eigenvalue weighted by atomic mass is 32.2. The summed E-state index contributed by atoms with van der Waals surface area (Å²) in [4.78, 5) is 14.9. The van der Waals surface area contributed by atoms with Crippen molar-refractivity contribution in [1.82, 2.24) is 14.8 Å². The number of amides is 1. The summed E-state index contributed by atoms with van der Waals surface area (Å²) in [5.41, 5.74) is 0.654. The second-order valence-corrected chi connectivity index (χ2v) is 9.24. The topological polar surface area (TPSA) is 71.4 Å². The molecule has 1 amide bonds. The van der Waals surface area contributed by atoms with Crippen LogP contribution in [0.1, 0.15) is 20.3 Å². The van der Waals surface area contributed by atoms with Crippen molar-refractivity contribution in [1.29, 1.82) is 0 Å². The van der Waals surface area contributed by atoms with E-state index in [9.17, 15) is 17.6 Å². The lowest BCUT2D eigenvalue weighted by Crippen LogP contribution is -2.31. The Bertz CT molecular complexity index is 1140. The molecule has 31 heavy (non-hydrogen) atoms. The number of sulfone groups is 1. The summed E-state index contributed by atoms with van der Waals surface area (Å²) >= 11 is 0. The summed E-state index contributed by atoms with van der Waals surface area (Å²) in [6.45, 7) is 7.67. The second kappa shape index (κ2) is 10.1. The van der Waals surface area contributed by atoms with Gasteiger partial charge >= 0.3 is 0 Å². The Labute approximate surface area is 182 Å². The highest BCUT2D eigenvalue weighted by molar-refractivity contribution is 7.91. The van der Waals surface area contributed by atoms with Crippen molar-refractivity contribution in [3.8, 4) is 0 Å². The van der Waals surface area contributed by atoms with Crippen LogP contribution in [0.15, 0.2) is 64.5 Å². The zero-order valence-electron chi connectivity index (χ0n) is 17.8. The number of nitrogens with zero attached hydrogens (tertiary/aromatic N) is 2. The van der Waals surface area contributed by atoms with Gasteiger partial charge in [0.2, 0.25) is 15.7 Å². The highest BCUT2D eigenvalue weighted by Gasteiger charge is 2.24. The minimum atomic E-state index is -3.86. The van der Waals surface area contributed by atoms with Crippen molar-refractivity contribution < 1.29 is 17.6 Å². The molecule has 0 unspecified atom stereocenters. The van der Waals surface area contributed by atoms with Crippen LogP contribution in [-0.4, -0.2) is 50.0 Å². The lowest BCUT2D eigenvalue weighted by molar-refractivity contribution is -0.121. The zero-order valence-corrected chi connectivity index (χ0v) is 18.7. The van der Waals surface area contributed by atoms with Crippen LogP contribution in [0.25, 0.3) is 10.9 Å². The van der Waals surface area contributed by atoms with Gasteiger partial charge < -0.3 is 14.8 Å². The molecule has 0 saturated carbocycles. The van der Waals surface area contributed by atoms with Gasteiger partial charge in [-0.05, 0) is 56.4 Å². The van der Waals surface area contributed by atoms with E-state index in [-0.39, 0.29) is 22.2 Å². The standard InChI is InChI=1S/C23H28FN3O3S/c1-3-26(4-2)15-7-14-25-23(28)17-27-16-22(20-8-5-6-9-21(20)27)31(29,30)19-12-10-18(24)11-13-19/h5-6,8-13,16H,3-4,7,14-15,17H2,1-2H3,(H,25,28). The van der Waals surface area contributed by atoms with Crippen molar-refractivity contribution in [2.45, 2.75) is 36.6 Å². The first-order valence-corrected chi connectivity index (χ1v) is 11.9. The van der Waals surface area contributed by atoms with Gasteiger partial charge in [-0.3, -0.25) is 4.79 Å². The number of halogens is 1. The predicted octanol–water partition coefficient (Wildman–Crippen LogP) is 3.46. The molecular formula is C23H28FN3O3S. The molecule has 0 bridgehead atoms. The number of fused-ring (bicyclic) bond motifs is 1. The molecule has 1 heterocycles. The van der Waals surface area contributed by atoms with E-state index in [0.29, 0.717) is 17.4 Å². The Hall–Kier alpha value is -2.71. The molecule has 0 saturated heterocycles. The van der Waals surface area contributed by atoms with Crippen molar-refractivity contribution in [2.24, 2.45) is 0 Å². The number of rotatable bonds is 10. The summed E-state index contributed by atoms with van der Waals surface area (Å²) in [6.07, 6.45) is 2.34. The van der Waals surface area contributed by atoms with Crippen LogP contribution < -0.4 is 5.32 Å². The van der Waals surface area contributed by atoms with E-state index in [1.807, 2.05) is 0 Å². The van der Waals surface area contributed by atoms with Crippen molar-refractivity contribution in [3.63, 3.8) is 0 Å². The monoisotopic (exact) mass is 445 g/mol. The van der Waals surface area contributed by atoms with E-state index in [1.54, 1.807) is 28.8 Å². The molecular weight excluding hydrogens is 417 g/mol. The van der Waals surface area contributed by atoms with E-state index in [0.717, 1.165) is 38.2 Å². The highest BCUT2D eigenvalue weighted by Crippen LogP contribution is 2.30. The molecule has 3 aromatic rings. The summed E-state index contributed by atoms with van der Waals surface area (Å²) in [5, 5.41) is 3.44. The maximum atomic E-state index is 13.2. The quantitative estimate of drug-likeness (QED) is 0.383. The third kappa shape index (κ3) is 5.32. The summed E-state index contributed by atoms with van der Waals surface area (Å²) in [7, 11) is -3.86. The van der Waals surface area contributed by atoms with Gasteiger partial charge in [-0.15, -0.1) is 0 Å². The molecule has 0 spiro atoms. The first kappa shape index (κ1) is 23.0. The number of hydrogen-bond acceptors (Lipinski definition) is 4. The fourth-order valence-electron chi connectivity index (χ4n) is 3.58. The number of carbonyl (C=O) groups excluding carboxylic acids is 1. The molecule has 0 radical (unpaired) electrons. The number of hydrogen-bond donors (Lipinski definition) is 1. The maximum Gasteiger partial charge on any atom is 0.239 e. The van der Waals surface area contributed by atoms with Gasteiger partial charge in [-0.2, -0.15) is 0 Å². The molecule has 1 aromatic heterocycles. The van der Waals surface area contributed by atoms with Gasteiger partial charge in [0.05, 0.1) is 9.79 Å². The summed E-state index contributed by atoms with van der Waals surface area (Å²) < 4.78 is 41.2. The molecule has 6 nitrogen and oxygen atoms in total. The van der Waals surface area contributed by atoms with Gasteiger partial charge in [-0.1, -0.05) is 32.0 Å². The molecule has 1 N–H and O–H groups in total. The summed E-state index contributed by atoms with van der Waals surface area (Å²) in [5.74, 6) is -0.676. The van der Waals surface area contributed by atoms with Gasteiger partial charge in [0.15, 0.2) is 0 Å². The number of nitrogens with one attached hydrogen (secondary N) is 1. The average Bonchev–Trinajstić information content (AvgIpc) is 3.13. The van der Waals surface area contributed by atoms with Gasteiger partial charge in [0.1, 0.15) is 12.4 Å². The van der Waals surface area contributed by atoms with E-state index in [2.05, 4.69) is 24.1 Å². The molecule has 3 rings (SSSR count). The third-order valence-corrected chi connectivity index (χ3v) is 7.14. The van der Waals surface area contributed by atoms with E-state index >= 15 is 0 Å². The van der Waals surface area contributed by atoms with Crippen LogP contribution in [-0.2, 0) is 21.2 Å². The van der Waals surface area contributed by atoms with Crippen LogP contribution in [0.2, 0.25) is 0 Å². The third-order valence-electron chi connectivity index (χ3n) is 5.35. The van der Waals surface area contributed by atoms with Crippen LogP contribution in [0.5, 0.6) is 0 Å². The van der Waals surface area contributed by atoms with Gasteiger partial charge in [0, 0.05) is 23.6 Å². The van der Waals surface area contributed by atoms with Crippen molar-refractivity contribution in [3.05, 3.63) is 60.5 Å². The second-order valence-electron chi connectivity index (χ2n) is 7.33. The Morgan fingerprint density at radius 2 is 1.74 bits per heavy atom. The number of para-hydroxylation sites is 1. The number of aromatic nitrogens is 1. The molecule has 0 aliphatic rings. The van der Waals surface area contributed by atoms with Crippen molar-refractivity contribution in [2.75, 3.05) is 26.2 Å². The van der Waals surface area contributed by atoms with Crippen LogP contribution in [0.4, 0.5) is 4.39 Å². The fourth-order valence-corrected chi connectivity index (χ4v) is 5.06. The van der Waals surface area contributed by atoms with Crippen LogP contribution >= 0.6 is 0 Å². The minimum Gasteiger partial charge on any atom is -0.355 e. The SMILES string of the molecule is CCN(CC)CCCNC(=O)Cn1cc(S(=O)(=O)c2ccc(F)cc2)c2ccccc21. The first-order valence-electron chi connectivity index (χ1n) is 10.4. The lowest BCUT2D eigenvalue weighted by atomic mass is 10.2. The van der Waals surface area contributed by atoms with Gasteiger partial charge in [0.25, 0.3) is 0 Å². The Morgan fingerprint density at radius 1 is 1.06 bits per heavy atom. The minimum absolute atomic E-state index is 0.0117. The average molecular weight is 446 g/mol. The molecule has 2 aromatic carbocycles. The molecule has 0 atom stereocenters. The van der Waals surface area contributed by atoms with Crippen LogP contribution in [0.3, 0.4) is 0 Å². The first-order chi connectivity index (χ1) is 14.9. The van der Waals surface area contributed by atoms with Gasteiger partial charge in [-0.25, -0.2) is 12.8 Å². The smallest absolute Gasteiger partial charge is 0.239 e.